The van der Waals surface area contributed by atoms with Crippen LogP contribution in [0, 0.1) is 24.6 Å². The first-order chi connectivity index (χ1) is 17.4. The monoisotopic (exact) mass is 482 g/mol. The van der Waals surface area contributed by atoms with E-state index in [0.29, 0.717) is 28.1 Å². The predicted molar refractivity (Wildman–Crippen MR) is 137 cm³/mol. The summed E-state index contributed by atoms with van der Waals surface area (Å²) in [6, 6.07) is 11.7. The van der Waals surface area contributed by atoms with Crippen LogP contribution in [0.15, 0.2) is 48.8 Å². The summed E-state index contributed by atoms with van der Waals surface area (Å²) >= 11 is 0. The molecule has 5 rings (SSSR count). The summed E-state index contributed by atoms with van der Waals surface area (Å²) in [5.41, 5.74) is 10.4. The van der Waals surface area contributed by atoms with Crippen molar-refractivity contribution < 1.29 is 9.18 Å². The van der Waals surface area contributed by atoms with Gasteiger partial charge in [-0.05, 0) is 75.1 Å². The van der Waals surface area contributed by atoms with Crippen molar-refractivity contribution in [3.8, 4) is 11.8 Å². The molecule has 4 aromatic rings. The predicted octanol–water partition coefficient (Wildman–Crippen LogP) is 3.95. The number of benzene rings is 2. The van der Waals surface area contributed by atoms with E-state index < -0.39 is 5.82 Å². The molecule has 182 valence electrons. The fourth-order valence-corrected chi connectivity index (χ4v) is 4.57. The van der Waals surface area contributed by atoms with E-state index >= 15 is 0 Å². The lowest BCUT2D eigenvalue weighted by Gasteiger charge is -2.29. The van der Waals surface area contributed by atoms with Crippen molar-refractivity contribution in [2.75, 3.05) is 25.9 Å². The number of Topliss-reactive ketones (excluding diaryl/α,β-unsaturated/α-hetero) is 1. The van der Waals surface area contributed by atoms with Crippen LogP contribution >= 0.6 is 0 Å². The Morgan fingerprint density at radius 2 is 1.94 bits per heavy atom. The Morgan fingerprint density at radius 3 is 2.72 bits per heavy atom. The third kappa shape index (κ3) is 4.83. The number of hydrogen-bond donors (Lipinski definition) is 1. The number of hydrogen-bond acceptors (Lipinski definition) is 6. The van der Waals surface area contributed by atoms with E-state index in [2.05, 4.69) is 33.8 Å². The average molecular weight is 483 g/mol. The highest BCUT2D eigenvalue weighted by molar-refractivity contribution is 5.97. The molecule has 0 radical (unpaired) electrons. The first kappa shape index (κ1) is 23.6. The number of fused-ring (bicyclic) bond motifs is 1. The zero-order valence-corrected chi connectivity index (χ0v) is 20.3. The molecule has 1 aliphatic rings. The second-order valence-corrected chi connectivity index (χ2v) is 9.29. The molecule has 0 amide bonds. The molecule has 0 spiro atoms. The van der Waals surface area contributed by atoms with Gasteiger partial charge >= 0.3 is 0 Å². The number of carbonyl (C=O) groups is 1. The van der Waals surface area contributed by atoms with Crippen molar-refractivity contribution in [1.29, 1.82) is 0 Å². The van der Waals surface area contributed by atoms with Gasteiger partial charge in [0.05, 0.1) is 11.4 Å². The molecule has 0 bridgehead atoms. The van der Waals surface area contributed by atoms with E-state index in [9.17, 15) is 9.18 Å². The molecule has 0 saturated carbocycles. The van der Waals surface area contributed by atoms with Crippen LogP contribution in [-0.2, 0) is 6.42 Å². The van der Waals surface area contributed by atoms with Crippen LogP contribution in [0.25, 0.3) is 11.0 Å². The summed E-state index contributed by atoms with van der Waals surface area (Å²) in [5.74, 6) is 6.19. The first-order valence-electron chi connectivity index (χ1n) is 12.0. The van der Waals surface area contributed by atoms with Gasteiger partial charge in [0.15, 0.2) is 11.4 Å². The number of anilines is 1. The van der Waals surface area contributed by atoms with E-state index in [1.807, 2.05) is 29.8 Å². The van der Waals surface area contributed by atoms with E-state index in [4.69, 9.17) is 10.8 Å². The Kier molecular flexibility index (Phi) is 6.49. The van der Waals surface area contributed by atoms with Crippen LogP contribution in [-0.4, -0.2) is 50.6 Å². The summed E-state index contributed by atoms with van der Waals surface area (Å²) in [7, 11) is 2.12. The summed E-state index contributed by atoms with van der Waals surface area (Å²) < 4.78 is 15.5. The summed E-state index contributed by atoms with van der Waals surface area (Å²) in [6.45, 7) is 3.96. The van der Waals surface area contributed by atoms with Crippen LogP contribution in [0.4, 0.5) is 10.2 Å². The molecule has 0 unspecified atom stereocenters. The lowest BCUT2D eigenvalue weighted by atomic mass is 9.99. The number of aromatic nitrogens is 4. The molecule has 0 atom stereocenters. The van der Waals surface area contributed by atoms with E-state index in [0.717, 1.165) is 42.6 Å². The van der Waals surface area contributed by atoms with Crippen LogP contribution < -0.4 is 5.73 Å². The van der Waals surface area contributed by atoms with Gasteiger partial charge in [-0.1, -0.05) is 30.2 Å². The molecular weight excluding hydrogens is 455 g/mol. The highest BCUT2D eigenvalue weighted by Gasteiger charge is 2.24. The maximum absolute atomic E-state index is 13.5. The minimum atomic E-state index is -0.425. The number of likely N-dealkylation sites (tertiary alicyclic amines) is 1. The second kappa shape index (κ2) is 9.88. The van der Waals surface area contributed by atoms with Crippen LogP contribution in [0.1, 0.15) is 51.6 Å². The van der Waals surface area contributed by atoms with Gasteiger partial charge in [-0.2, -0.15) is 5.10 Å². The Hall–Kier alpha value is -4.09. The highest BCUT2D eigenvalue weighted by atomic mass is 19.1. The van der Waals surface area contributed by atoms with E-state index in [-0.39, 0.29) is 18.2 Å². The summed E-state index contributed by atoms with van der Waals surface area (Å²) in [6.07, 6.45) is 3.58. The number of nitrogen functional groups attached to an aromatic ring is 1. The normalized spacial score (nSPS) is 14.5. The topological polar surface area (TPSA) is 89.9 Å². The van der Waals surface area contributed by atoms with Gasteiger partial charge in [-0.25, -0.2) is 19.0 Å². The largest absolute Gasteiger partial charge is 0.383 e. The molecule has 7 nitrogen and oxygen atoms in total. The maximum atomic E-state index is 13.5. The van der Waals surface area contributed by atoms with Crippen LogP contribution in [0.3, 0.4) is 0 Å². The minimum absolute atomic E-state index is 0.148. The Bertz CT molecular complexity index is 1510. The Morgan fingerprint density at radius 1 is 1.14 bits per heavy atom. The molecular formula is C28H27FN6O. The van der Waals surface area contributed by atoms with Crippen molar-refractivity contribution in [2.45, 2.75) is 32.2 Å². The Balaban J connectivity index is 1.46. The number of aryl methyl sites for hydroxylation is 1. The SMILES string of the molecule is Cc1ccc(CC(=O)c2cccc(F)c2)cc1C#Cc1nn(C2CCN(C)CC2)c2ncnc(N)c12. The number of carbonyl (C=O) groups excluding carboxylic acids is 1. The molecule has 2 aromatic carbocycles. The summed E-state index contributed by atoms with van der Waals surface area (Å²) in [4.78, 5) is 23.6. The number of nitrogens with two attached hydrogens (primary N) is 1. The molecule has 2 N–H and O–H groups in total. The molecule has 3 heterocycles. The molecule has 1 saturated heterocycles. The molecule has 0 aliphatic carbocycles. The maximum Gasteiger partial charge on any atom is 0.167 e. The molecule has 1 aliphatic heterocycles. The number of rotatable bonds is 4. The first-order valence-corrected chi connectivity index (χ1v) is 12.0. The minimum Gasteiger partial charge on any atom is -0.383 e. The van der Waals surface area contributed by atoms with Gasteiger partial charge < -0.3 is 10.6 Å². The molecule has 36 heavy (non-hydrogen) atoms. The lowest BCUT2D eigenvalue weighted by molar-refractivity contribution is 0.0992. The molecule has 2 aromatic heterocycles. The fraction of sp³-hybridized carbons (Fsp3) is 0.286. The van der Waals surface area contributed by atoms with Crippen LogP contribution in [0.5, 0.6) is 0 Å². The average Bonchev–Trinajstić information content (AvgIpc) is 3.24. The highest BCUT2D eigenvalue weighted by Crippen LogP contribution is 2.28. The Labute approximate surface area is 209 Å². The van der Waals surface area contributed by atoms with Gasteiger partial charge in [0.1, 0.15) is 23.7 Å². The quantitative estimate of drug-likeness (QED) is 0.350. The van der Waals surface area contributed by atoms with Gasteiger partial charge in [0, 0.05) is 17.5 Å². The smallest absolute Gasteiger partial charge is 0.167 e. The van der Waals surface area contributed by atoms with Crippen LogP contribution in [0.2, 0.25) is 0 Å². The van der Waals surface area contributed by atoms with Gasteiger partial charge in [0.25, 0.3) is 0 Å². The van der Waals surface area contributed by atoms with Crippen molar-refractivity contribution in [3.05, 3.63) is 82.6 Å². The second-order valence-electron chi connectivity index (χ2n) is 9.29. The van der Waals surface area contributed by atoms with Crippen molar-refractivity contribution in [2.24, 2.45) is 0 Å². The number of halogens is 1. The molecule has 8 heteroatoms. The van der Waals surface area contributed by atoms with E-state index in [1.54, 1.807) is 12.1 Å². The van der Waals surface area contributed by atoms with Gasteiger partial charge in [-0.3, -0.25) is 4.79 Å². The number of piperidine rings is 1. The molecule has 1 fully saturated rings. The van der Waals surface area contributed by atoms with Crippen molar-refractivity contribution in [3.63, 3.8) is 0 Å². The van der Waals surface area contributed by atoms with Gasteiger partial charge in [-0.15, -0.1) is 0 Å². The fourth-order valence-electron chi connectivity index (χ4n) is 4.57. The lowest BCUT2D eigenvalue weighted by Crippen LogP contribution is -2.32. The zero-order chi connectivity index (χ0) is 25.2. The number of nitrogens with zero attached hydrogens (tertiary/aromatic N) is 5. The standard InChI is InChI=1S/C28H27FN6O/c1-18-6-7-19(15-25(36)21-4-3-5-22(29)16-21)14-20(18)8-9-24-26-27(30)31-17-32-28(26)35(33-24)23-10-12-34(2)13-11-23/h3-7,14,16-17,23H,10-13,15H2,1-2H3,(H2,30,31,32). The van der Waals surface area contributed by atoms with Crippen molar-refractivity contribution >= 4 is 22.6 Å². The van der Waals surface area contributed by atoms with Crippen molar-refractivity contribution in [1.82, 2.24) is 24.6 Å². The summed E-state index contributed by atoms with van der Waals surface area (Å²) in [5, 5.41) is 5.48. The third-order valence-electron chi connectivity index (χ3n) is 6.68. The zero-order valence-electron chi connectivity index (χ0n) is 20.3. The number of ketones is 1. The third-order valence-corrected chi connectivity index (χ3v) is 6.68. The van der Waals surface area contributed by atoms with Gasteiger partial charge in [0.2, 0.25) is 0 Å². The van der Waals surface area contributed by atoms with E-state index in [1.165, 1.54) is 18.5 Å².